The zero-order valence-electron chi connectivity index (χ0n) is 14.1. The third kappa shape index (κ3) is 4.11. The van der Waals surface area contributed by atoms with Gasteiger partial charge in [-0.05, 0) is 42.0 Å². The van der Waals surface area contributed by atoms with Crippen LogP contribution in [-0.2, 0) is 9.53 Å². The van der Waals surface area contributed by atoms with E-state index in [9.17, 15) is 4.79 Å². The lowest BCUT2D eigenvalue weighted by atomic mass is 10.1. The lowest BCUT2D eigenvalue weighted by Crippen LogP contribution is -2.17. The van der Waals surface area contributed by atoms with Gasteiger partial charge in [-0.15, -0.1) is 0 Å². The second-order valence-corrected chi connectivity index (χ2v) is 6.20. The number of hydrogen-bond acceptors (Lipinski definition) is 5. The molecular weight excluding hydrogens is 350 g/mol. The van der Waals surface area contributed by atoms with Gasteiger partial charge in [-0.1, -0.05) is 29.8 Å². The number of hydrogen-bond donors (Lipinski definition) is 0. The quantitative estimate of drug-likeness (QED) is 0.592. The van der Waals surface area contributed by atoms with Gasteiger partial charge in [0.1, 0.15) is 0 Å². The van der Waals surface area contributed by atoms with Crippen LogP contribution in [0.1, 0.15) is 17.5 Å². The van der Waals surface area contributed by atoms with Gasteiger partial charge in [0.05, 0.1) is 12.5 Å². The zero-order chi connectivity index (χ0) is 18.5. The van der Waals surface area contributed by atoms with Crippen molar-refractivity contribution in [3.05, 3.63) is 70.4 Å². The number of carbonyl (C=O) groups excluding carboxylic acids is 1. The molecule has 0 saturated carbocycles. The average Bonchev–Trinajstić information content (AvgIpc) is 3.01. The minimum absolute atomic E-state index is 0.241. The molecule has 3 rings (SSSR count). The highest BCUT2D eigenvalue weighted by atomic mass is 35.5. The molecule has 1 heterocycles. The van der Waals surface area contributed by atoms with E-state index in [-0.39, 0.29) is 11.6 Å². The lowest BCUT2D eigenvalue weighted by molar-refractivity contribution is -0.129. The number of anilines is 1. The van der Waals surface area contributed by atoms with Crippen LogP contribution < -0.4 is 4.90 Å². The molecule has 5 nitrogen and oxygen atoms in total. The second kappa shape index (κ2) is 7.85. The first kappa shape index (κ1) is 17.7. The van der Waals surface area contributed by atoms with E-state index in [1.807, 2.05) is 36.2 Å². The number of carbonyl (C=O) groups is 1. The van der Waals surface area contributed by atoms with Crippen LogP contribution in [0, 0.1) is 11.3 Å². The van der Waals surface area contributed by atoms with Crippen LogP contribution in [0.3, 0.4) is 0 Å². The molecular formula is C20H16ClN3O2. The SMILES string of the molecule is CN(CCC#N)c1ccc(/C=C2\N=C(c3cccc(Cl)c3)OC2=O)cc1. The van der Waals surface area contributed by atoms with E-state index in [1.165, 1.54) is 0 Å². The van der Waals surface area contributed by atoms with Gasteiger partial charge in [-0.2, -0.15) is 5.26 Å². The first-order valence-corrected chi connectivity index (χ1v) is 8.41. The largest absolute Gasteiger partial charge is 0.402 e. The van der Waals surface area contributed by atoms with E-state index in [1.54, 1.807) is 30.3 Å². The van der Waals surface area contributed by atoms with Gasteiger partial charge in [0.15, 0.2) is 5.70 Å². The summed E-state index contributed by atoms with van der Waals surface area (Å²) >= 11 is 5.97. The van der Waals surface area contributed by atoms with Crippen molar-refractivity contribution in [3.63, 3.8) is 0 Å². The predicted octanol–water partition coefficient (Wildman–Crippen LogP) is 4.03. The smallest absolute Gasteiger partial charge is 0.363 e. The minimum atomic E-state index is -0.491. The number of nitrogens with zero attached hydrogens (tertiary/aromatic N) is 3. The number of aliphatic imine (C=N–C) groups is 1. The van der Waals surface area contributed by atoms with Gasteiger partial charge in [-0.3, -0.25) is 0 Å². The fourth-order valence-corrected chi connectivity index (χ4v) is 2.67. The Morgan fingerprint density at radius 2 is 2.04 bits per heavy atom. The van der Waals surface area contributed by atoms with Crippen LogP contribution in [0.5, 0.6) is 0 Å². The number of rotatable bonds is 5. The molecule has 0 amide bonds. The summed E-state index contributed by atoms with van der Waals surface area (Å²) < 4.78 is 5.24. The number of esters is 1. The van der Waals surface area contributed by atoms with E-state index >= 15 is 0 Å². The lowest BCUT2D eigenvalue weighted by Gasteiger charge is -2.17. The van der Waals surface area contributed by atoms with Gasteiger partial charge in [0, 0.05) is 29.9 Å². The summed E-state index contributed by atoms with van der Waals surface area (Å²) in [4.78, 5) is 18.3. The van der Waals surface area contributed by atoms with E-state index in [0.717, 1.165) is 11.3 Å². The molecule has 0 aromatic heterocycles. The number of ether oxygens (including phenoxy) is 1. The van der Waals surface area contributed by atoms with Crippen LogP contribution >= 0.6 is 11.6 Å². The van der Waals surface area contributed by atoms with Crippen molar-refractivity contribution in [3.8, 4) is 6.07 Å². The van der Waals surface area contributed by atoms with E-state index in [2.05, 4.69) is 11.1 Å². The molecule has 0 saturated heterocycles. The normalized spacial score (nSPS) is 14.7. The van der Waals surface area contributed by atoms with Gasteiger partial charge >= 0.3 is 5.97 Å². The molecule has 0 fully saturated rings. The maximum Gasteiger partial charge on any atom is 0.363 e. The molecule has 0 aliphatic carbocycles. The Bertz CT molecular complexity index is 927. The molecule has 26 heavy (non-hydrogen) atoms. The highest BCUT2D eigenvalue weighted by molar-refractivity contribution is 6.31. The topological polar surface area (TPSA) is 65.7 Å². The van der Waals surface area contributed by atoms with E-state index < -0.39 is 5.97 Å². The van der Waals surface area contributed by atoms with Crippen LogP contribution in [0.15, 0.2) is 59.2 Å². The minimum Gasteiger partial charge on any atom is -0.402 e. The molecule has 130 valence electrons. The monoisotopic (exact) mass is 365 g/mol. The molecule has 6 heteroatoms. The fourth-order valence-electron chi connectivity index (χ4n) is 2.48. The summed E-state index contributed by atoms with van der Waals surface area (Å²) in [6.07, 6.45) is 2.15. The highest BCUT2D eigenvalue weighted by Crippen LogP contribution is 2.22. The molecule has 2 aromatic carbocycles. The van der Waals surface area contributed by atoms with Crippen molar-refractivity contribution in [2.45, 2.75) is 6.42 Å². The molecule has 0 atom stereocenters. The van der Waals surface area contributed by atoms with Crippen LogP contribution in [0.4, 0.5) is 5.69 Å². The van der Waals surface area contributed by atoms with Crippen molar-refractivity contribution in [1.29, 1.82) is 5.26 Å². The van der Waals surface area contributed by atoms with Crippen molar-refractivity contribution in [1.82, 2.24) is 0 Å². The van der Waals surface area contributed by atoms with Gasteiger partial charge in [-0.25, -0.2) is 9.79 Å². The van der Waals surface area contributed by atoms with Crippen LogP contribution in [0.2, 0.25) is 5.02 Å². The summed E-state index contributed by atoms with van der Waals surface area (Å²) in [5, 5.41) is 9.21. The number of cyclic esters (lactones) is 1. The average molecular weight is 366 g/mol. The summed E-state index contributed by atoms with van der Waals surface area (Å²) in [6, 6.07) is 16.8. The Kier molecular flexibility index (Phi) is 5.35. The Morgan fingerprint density at radius 3 is 2.73 bits per heavy atom. The van der Waals surface area contributed by atoms with Crippen molar-refractivity contribution in [2.24, 2.45) is 4.99 Å². The third-order valence-electron chi connectivity index (χ3n) is 3.89. The zero-order valence-corrected chi connectivity index (χ0v) is 14.9. The molecule has 0 N–H and O–H groups in total. The molecule has 0 unspecified atom stereocenters. The van der Waals surface area contributed by atoms with E-state index in [0.29, 0.717) is 23.6 Å². The highest BCUT2D eigenvalue weighted by Gasteiger charge is 2.24. The Balaban J connectivity index is 1.79. The molecule has 0 bridgehead atoms. The number of benzene rings is 2. The maximum absolute atomic E-state index is 12.1. The molecule has 1 aliphatic heterocycles. The molecule has 0 spiro atoms. The van der Waals surface area contributed by atoms with Crippen molar-refractivity contribution in [2.75, 3.05) is 18.5 Å². The third-order valence-corrected chi connectivity index (χ3v) is 4.12. The predicted molar refractivity (Wildman–Crippen MR) is 102 cm³/mol. The second-order valence-electron chi connectivity index (χ2n) is 5.77. The summed E-state index contributed by atoms with van der Waals surface area (Å²) in [7, 11) is 1.93. The van der Waals surface area contributed by atoms with Crippen LogP contribution in [-0.4, -0.2) is 25.5 Å². The first-order valence-electron chi connectivity index (χ1n) is 8.03. The molecule has 0 radical (unpaired) electrons. The first-order chi connectivity index (χ1) is 12.6. The van der Waals surface area contributed by atoms with Gasteiger partial charge < -0.3 is 9.64 Å². The Morgan fingerprint density at radius 1 is 1.27 bits per heavy atom. The Hall–Kier alpha value is -3.10. The number of nitriles is 1. The molecule has 1 aliphatic rings. The maximum atomic E-state index is 12.1. The van der Waals surface area contributed by atoms with Crippen LogP contribution in [0.25, 0.3) is 6.08 Å². The summed E-state index contributed by atoms with van der Waals surface area (Å²) in [6.45, 7) is 0.663. The van der Waals surface area contributed by atoms with Crippen molar-refractivity contribution >= 4 is 35.2 Å². The Labute approximate surface area is 156 Å². The molecule has 2 aromatic rings. The summed E-state index contributed by atoms with van der Waals surface area (Å²) in [5.74, 6) is -0.244. The standard InChI is InChI=1S/C20H16ClN3O2/c1-24(11-3-10-22)17-8-6-14(7-9-17)12-18-20(25)26-19(23-18)15-4-2-5-16(21)13-15/h2,4-9,12-13H,3,11H2,1H3/b18-12-. The van der Waals surface area contributed by atoms with Gasteiger partial charge in [0.2, 0.25) is 5.90 Å². The number of halogens is 1. The fraction of sp³-hybridized carbons (Fsp3) is 0.150. The van der Waals surface area contributed by atoms with Crippen molar-refractivity contribution < 1.29 is 9.53 Å². The van der Waals surface area contributed by atoms with Gasteiger partial charge in [0.25, 0.3) is 0 Å². The summed E-state index contributed by atoms with van der Waals surface area (Å²) in [5.41, 5.74) is 2.74. The van der Waals surface area contributed by atoms with E-state index in [4.69, 9.17) is 21.6 Å².